The van der Waals surface area contributed by atoms with Gasteiger partial charge in [0.25, 0.3) is 0 Å². The molecule has 11 aromatic rings. The number of rotatable bonds is 3. The molecule has 3 nitrogen and oxygen atoms in total. The van der Waals surface area contributed by atoms with E-state index in [1.807, 2.05) is 6.07 Å². The van der Waals surface area contributed by atoms with Crippen molar-refractivity contribution in [2.24, 2.45) is 0 Å². The summed E-state index contributed by atoms with van der Waals surface area (Å²) in [6.07, 6.45) is 0. The molecule has 49 heavy (non-hydrogen) atoms. The van der Waals surface area contributed by atoms with Crippen molar-refractivity contribution in [3.05, 3.63) is 170 Å². The molecule has 0 fully saturated rings. The van der Waals surface area contributed by atoms with Crippen molar-refractivity contribution in [1.29, 1.82) is 0 Å². The van der Waals surface area contributed by atoms with Crippen LogP contribution in [-0.4, -0.2) is 9.13 Å². The van der Waals surface area contributed by atoms with E-state index in [2.05, 4.69) is 173 Å². The van der Waals surface area contributed by atoms with Gasteiger partial charge >= 0.3 is 0 Å². The highest BCUT2D eigenvalue weighted by atomic mass is 16.3. The molecule has 8 aromatic carbocycles. The molecule has 0 radical (unpaired) electrons. The van der Waals surface area contributed by atoms with Crippen LogP contribution in [0.15, 0.2) is 174 Å². The molecule has 3 heterocycles. The first-order valence-electron chi connectivity index (χ1n) is 16.8. The van der Waals surface area contributed by atoms with Crippen LogP contribution in [0.3, 0.4) is 0 Å². The van der Waals surface area contributed by atoms with E-state index in [4.69, 9.17) is 4.42 Å². The maximum atomic E-state index is 6.58. The zero-order valence-corrected chi connectivity index (χ0v) is 26.5. The zero-order valence-electron chi connectivity index (χ0n) is 26.5. The minimum absolute atomic E-state index is 0.876. The van der Waals surface area contributed by atoms with Gasteiger partial charge in [0.15, 0.2) is 0 Å². The van der Waals surface area contributed by atoms with Gasteiger partial charge in [0.2, 0.25) is 5.71 Å². The minimum atomic E-state index is 0.876. The fourth-order valence-corrected chi connectivity index (χ4v) is 8.16. The van der Waals surface area contributed by atoms with Crippen LogP contribution in [-0.2, 0) is 0 Å². The summed E-state index contributed by atoms with van der Waals surface area (Å²) >= 11 is 0. The number of aromatic nitrogens is 2. The summed E-state index contributed by atoms with van der Waals surface area (Å²) in [4.78, 5) is 0. The summed E-state index contributed by atoms with van der Waals surface area (Å²) in [5.41, 5.74) is 10.0. The molecule has 0 aliphatic carbocycles. The summed E-state index contributed by atoms with van der Waals surface area (Å²) in [5, 5.41) is 11.0. The van der Waals surface area contributed by atoms with E-state index in [-0.39, 0.29) is 0 Å². The summed E-state index contributed by atoms with van der Waals surface area (Å²) < 4.78 is 11.3. The lowest BCUT2D eigenvalue weighted by Crippen LogP contribution is -1.95. The van der Waals surface area contributed by atoms with E-state index in [0.717, 1.165) is 33.3 Å². The number of furan rings is 1. The number of fused-ring (bicyclic) bond motifs is 11. The predicted molar refractivity (Wildman–Crippen MR) is 205 cm³/mol. The SMILES string of the molecule is c1ccc(-n2c3oc4ccccc4c3c3cccc(-c4ccc5c(ccc6cc(-n7c8ccccc8c8ccccc87)ccc65)c4)c32)cc1. The average molecular weight is 625 g/mol. The summed E-state index contributed by atoms with van der Waals surface area (Å²) in [7, 11) is 0. The maximum Gasteiger partial charge on any atom is 0.213 e. The zero-order chi connectivity index (χ0) is 32.1. The molecular formula is C46H28N2O. The second-order valence-electron chi connectivity index (χ2n) is 12.9. The molecule has 0 saturated carbocycles. The molecule has 0 N–H and O–H groups in total. The van der Waals surface area contributed by atoms with Crippen LogP contribution in [0.25, 0.3) is 98.8 Å². The van der Waals surface area contributed by atoms with Gasteiger partial charge in [-0.05, 0) is 75.6 Å². The molecule has 0 spiro atoms. The summed E-state index contributed by atoms with van der Waals surface area (Å²) in [5.74, 6) is 0. The van der Waals surface area contributed by atoms with Crippen molar-refractivity contribution < 1.29 is 4.42 Å². The Kier molecular flexibility index (Phi) is 5.38. The topological polar surface area (TPSA) is 23.0 Å². The third-order valence-electron chi connectivity index (χ3n) is 10.3. The van der Waals surface area contributed by atoms with Crippen LogP contribution in [0.4, 0.5) is 0 Å². The van der Waals surface area contributed by atoms with Gasteiger partial charge in [-0.2, -0.15) is 0 Å². The van der Waals surface area contributed by atoms with Crippen molar-refractivity contribution in [2.45, 2.75) is 0 Å². The van der Waals surface area contributed by atoms with Crippen molar-refractivity contribution >= 4 is 76.3 Å². The summed E-state index contributed by atoms with van der Waals surface area (Å²) in [6.45, 7) is 0. The molecule has 0 atom stereocenters. The summed E-state index contributed by atoms with van der Waals surface area (Å²) in [6, 6.07) is 61.2. The Hall–Kier alpha value is -6.58. The van der Waals surface area contributed by atoms with Crippen LogP contribution in [0, 0.1) is 0 Å². The molecule has 3 heteroatoms. The lowest BCUT2D eigenvalue weighted by Gasteiger charge is -2.13. The van der Waals surface area contributed by atoms with Gasteiger partial charge < -0.3 is 8.98 Å². The van der Waals surface area contributed by atoms with Crippen LogP contribution >= 0.6 is 0 Å². The van der Waals surface area contributed by atoms with E-state index < -0.39 is 0 Å². The highest BCUT2D eigenvalue weighted by molar-refractivity contribution is 6.22. The molecule has 228 valence electrons. The molecule has 3 aromatic heterocycles. The highest BCUT2D eigenvalue weighted by Crippen LogP contribution is 2.43. The van der Waals surface area contributed by atoms with Crippen molar-refractivity contribution in [2.75, 3.05) is 0 Å². The quantitative estimate of drug-likeness (QED) is 0.179. The smallest absolute Gasteiger partial charge is 0.213 e. The van der Waals surface area contributed by atoms with Gasteiger partial charge in [0.05, 0.1) is 21.9 Å². The molecule has 0 amide bonds. The van der Waals surface area contributed by atoms with Gasteiger partial charge in [0.1, 0.15) is 5.58 Å². The van der Waals surface area contributed by atoms with E-state index >= 15 is 0 Å². The number of nitrogens with zero attached hydrogens (tertiary/aromatic N) is 2. The largest absolute Gasteiger partial charge is 0.439 e. The van der Waals surface area contributed by atoms with E-state index in [0.29, 0.717) is 0 Å². The molecule has 0 saturated heterocycles. The molecule has 0 bridgehead atoms. The number of hydrogen-bond acceptors (Lipinski definition) is 1. The lowest BCUT2D eigenvalue weighted by molar-refractivity contribution is 0.645. The molecule has 0 aliphatic rings. The highest BCUT2D eigenvalue weighted by Gasteiger charge is 2.22. The Bertz CT molecular complexity index is 3050. The van der Waals surface area contributed by atoms with Gasteiger partial charge in [-0.3, -0.25) is 4.57 Å². The van der Waals surface area contributed by atoms with Crippen LogP contribution in [0.1, 0.15) is 0 Å². The Morgan fingerprint density at radius 3 is 1.80 bits per heavy atom. The van der Waals surface area contributed by atoms with Crippen molar-refractivity contribution in [3.8, 4) is 22.5 Å². The number of hydrogen-bond donors (Lipinski definition) is 0. The fraction of sp³-hybridized carbons (Fsp3) is 0. The number of para-hydroxylation sites is 5. The third kappa shape index (κ3) is 3.73. The third-order valence-corrected chi connectivity index (χ3v) is 10.3. The normalized spacial score (nSPS) is 12.1. The minimum Gasteiger partial charge on any atom is -0.439 e. The first kappa shape index (κ1) is 26.5. The maximum absolute atomic E-state index is 6.58. The molecular weight excluding hydrogens is 597 g/mol. The van der Waals surface area contributed by atoms with Crippen LogP contribution < -0.4 is 0 Å². The van der Waals surface area contributed by atoms with E-state index in [1.54, 1.807) is 0 Å². The predicted octanol–water partition coefficient (Wildman–Crippen LogP) is 12.6. The van der Waals surface area contributed by atoms with Gasteiger partial charge in [-0.15, -0.1) is 0 Å². The van der Waals surface area contributed by atoms with E-state index in [1.165, 1.54) is 65.6 Å². The second kappa shape index (κ2) is 9.96. The Balaban J connectivity index is 1.11. The van der Waals surface area contributed by atoms with E-state index in [9.17, 15) is 0 Å². The molecule has 11 rings (SSSR count). The van der Waals surface area contributed by atoms with Crippen LogP contribution in [0.5, 0.6) is 0 Å². The Morgan fingerprint density at radius 1 is 0.388 bits per heavy atom. The molecule has 0 aliphatic heterocycles. The monoisotopic (exact) mass is 624 g/mol. The van der Waals surface area contributed by atoms with Crippen LogP contribution in [0.2, 0.25) is 0 Å². The van der Waals surface area contributed by atoms with Crippen molar-refractivity contribution in [3.63, 3.8) is 0 Å². The number of benzene rings is 8. The first-order valence-corrected chi connectivity index (χ1v) is 16.8. The Labute approximate surface area is 281 Å². The molecule has 0 unspecified atom stereocenters. The Morgan fingerprint density at radius 2 is 1.02 bits per heavy atom. The second-order valence-corrected chi connectivity index (χ2v) is 12.9. The standard InChI is InChI=1S/C46H28N2O/c1-2-11-32(12-3-1)48-45-36(16-10-17-40(45)44-39-15-6-9-20-43(39)49-46(44)48)30-23-25-34-29(27-30)21-22-31-28-33(24-26-35(31)34)47-41-18-7-4-13-37(41)38-14-5-8-19-42(38)47/h1-28H. The van der Waals surface area contributed by atoms with Gasteiger partial charge in [-0.25, -0.2) is 0 Å². The first-order chi connectivity index (χ1) is 24.3. The van der Waals surface area contributed by atoms with Gasteiger partial charge in [0, 0.05) is 38.5 Å². The van der Waals surface area contributed by atoms with Gasteiger partial charge in [-0.1, -0.05) is 121 Å². The fourth-order valence-electron chi connectivity index (χ4n) is 8.16. The lowest BCUT2D eigenvalue weighted by atomic mass is 9.96. The average Bonchev–Trinajstić information content (AvgIpc) is 3.81. The van der Waals surface area contributed by atoms with Crippen molar-refractivity contribution in [1.82, 2.24) is 9.13 Å².